The number of nitrogens with one attached hydrogen (secondary N) is 1. The number of carbonyl (C=O) groups excluding carboxylic acids is 1. The van der Waals surface area contributed by atoms with Crippen LogP contribution in [0.25, 0.3) is 0 Å². The van der Waals surface area contributed by atoms with Gasteiger partial charge < -0.3 is 19.7 Å². The summed E-state index contributed by atoms with van der Waals surface area (Å²) in [6, 6.07) is 4.11. The molecule has 0 spiro atoms. The van der Waals surface area contributed by atoms with Gasteiger partial charge in [0.2, 0.25) is 5.91 Å². The van der Waals surface area contributed by atoms with Crippen molar-refractivity contribution in [1.29, 1.82) is 0 Å². The Hall–Kier alpha value is -1.75. The SMILES string of the molecule is COc1cc(N2CCOCC2)cc(C)c1NC(=O)CCCC(C)C. The van der Waals surface area contributed by atoms with E-state index in [1.165, 1.54) is 0 Å². The Bertz CT molecular complexity index is 552. The zero-order valence-electron chi connectivity index (χ0n) is 15.4. The number of anilines is 2. The van der Waals surface area contributed by atoms with Crippen LogP contribution in [0.2, 0.25) is 0 Å². The predicted octanol–water partition coefficient (Wildman–Crippen LogP) is 3.61. The lowest BCUT2D eigenvalue weighted by atomic mass is 10.1. The van der Waals surface area contributed by atoms with Gasteiger partial charge in [-0.05, 0) is 30.9 Å². The van der Waals surface area contributed by atoms with Gasteiger partial charge in [0.15, 0.2) is 0 Å². The Morgan fingerprint density at radius 3 is 2.67 bits per heavy atom. The molecule has 1 heterocycles. The van der Waals surface area contributed by atoms with Gasteiger partial charge in [0.05, 0.1) is 26.0 Å². The molecular weight excluding hydrogens is 304 g/mol. The first-order valence-electron chi connectivity index (χ1n) is 8.82. The van der Waals surface area contributed by atoms with Gasteiger partial charge in [-0.3, -0.25) is 4.79 Å². The monoisotopic (exact) mass is 334 g/mol. The third kappa shape index (κ3) is 5.13. The zero-order chi connectivity index (χ0) is 17.5. The van der Waals surface area contributed by atoms with Gasteiger partial charge in [-0.2, -0.15) is 0 Å². The second-order valence-electron chi connectivity index (χ2n) is 6.77. The van der Waals surface area contributed by atoms with E-state index in [0.29, 0.717) is 18.1 Å². The van der Waals surface area contributed by atoms with Gasteiger partial charge in [0, 0.05) is 31.3 Å². The number of rotatable bonds is 7. The van der Waals surface area contributed by atoms with Crippen LogP contribution in [-0.2, 0) is 9.53 Å². The van der Waals surface area contributed by atoms with Crippen LogP contribution in [0.15, 0.2) is 12.1 Å². The first kappa shape index (κ1) is 18.6. The van der Waals surface area contributed by atoms with Crippen molar-refractivity contribution in [2.75, 3.05) is 43.6 Å². The van der Waals surface area contributed by atoms with Crippen LogP contribution < -0.4 is 15.0 Å². The number of hydrogen-bond donors (Lipinski definition) is 1. The highest BCUT2D eigenvalue weighted by molar-refractivity contribution is 5.93. The molecule has 5 nitrogen and oxygen atoms in total. The summed E-state index contributed by atoms with van der Waals surface area (Å²) in [6.45, 7) is 9.61. The van der Waals surface area contributed by atoms with Crippen LogP contribution in [0.5, 0.6) is 5.75 Å². The van der Waals surface area contributed by atoms with E-state index in [-0.39, 0.29) is 5.91 Å². The molecule has 0 bridgehead atoms. The standard InChI is InChI=1S/C19H30N2O3/c1-14(2)6-5-7-18(22)20-19-15(3)12-16(13-17(19)23-4)21-8-10-24-11-9-21/h12-14H,5-11H2,1-4H3,(H,20,22). The van der Waals surface area contributed by atoms with Crippen LogP contribution in [0.1, 0.15) is 38.7 Å². The molecule has 1 amide bonds. The van der Waals surface area contributed by atoms with Crippen LogP contribution in [0, 0.1) is 12.8 Å². The van der Waals surface area contributed by atoms with Crippen LogP contribution in [0.3, 0.4) is 0 Å². The third-order valence-corrected chi connectivity index (χ3v) is 4.33. The average Bonchev–Trinajstić information content (AvgIpc) is 2.57. The Kier molecular flexibility index (Phi) is 6.91. The molecule has 0 radical (unpaired) electrons. The highest BCUT2D eigenvalue weighted by atomic mass is 16.5. The minimum absolute atomic E-state index is 0.0520. The molecule has 0 atom stereocenters. The van der Waals surface area contributed by atoms with Gasteiger partial charge in [0.25, 0.3) is 0 Å². The summed E-state index contributed by atoms with van der Waals surface area (Å²) < 4.78 is 10.9. The van der Waals surface area contributed by atoms with Gasteiger partial charge in [-0.15, -0.1) is 0 Å². The van der Waals surface area contributed by atoms with Crippen LogP contribution in [-0.4, -0.2) is 39.3 Å². The molecule has 2 rings (SSSR count). The minimum atomic E-state index is 0.0520. The topological polar surface area (TPSA) is 50.8 Å². The molecule has 1 saturated heterocycles. The lowest BCUT2D eigenvalue weighted by Gasteiger charge is -2.30. The van der Waals surface area contributed by atoms with Crippen molar-refractivity contribution in [2.24, 2.45) is 5.92 Å². The van der Waals surface area contributed by atoms with E-state index in [2.05, 4.69) is 30.1 Å². The Balaban J connectivity index is 2.07. The first-order valence-corrected chi connectivity index (χ1v) is 8.82. The summed E-state index contributed by atoms with van der Waals surface area (Å²) in [6.07, 6.45) is 2.53. The lowest BCUT2D eigenvalue weighted by molar-refractivity contribution is -0.116. The van der Waals surface area contributed by atoms with Crippen LogP contribution in [0.4, 0.5) is 11.4 Å². The predicted molar refractivity (Wildman–Crippen MR) is 98.1 cm³/mol. The molecule has 1 fully saturated rings. The fourth-order valence-corrected chi connectivity index (χ4v) is 2.93. The van der Waals surface area contributed by atoms with E-state index < -0.39 is 0 Å². The number of carbonyl (C=O) groups is 1. The van der Waals surface area contributed by atoms with E-state index in [4.69, 9.17) is 9.47 Å². The average molecular weight is 334 g/mol. The number of benzene rings is 1. The first-order chi connectivity index (χ1) is 11.5. The summed E-state index contributed by atoms with van der Waals surface area (Å²) >= 11 is 0. The number of morpholine rings is 1. The smallest absolute Gasteiger partial charge is 0.224 e. The molecule has 134 valence electrons. The fourth-order valence-electron chi connectivity index (χ4n) is 2.93. The zero-order valence-corrected chi connectivity index (χ0v) is 15.4. The second-order valence-corrected chi connectivity index (χ2v) is 6.77. The van der Waals surface area contributed by atoms with Crippen molar-refractivity contribution in [3.63, 3.8) is 0 Å². The molecule has 0 unspecified atom stereocenters. The Labute approximate surface area is 145 Å². The van der Waals surface area contributed by atoms with Gasteiger partial charge in [0.1, 0.15) is 5.75 Å². The number of hydrogen-bond acceptors (Lipinski definition) is 4. The van der Waals surface area contributed by atoms with Crippen molar-refractivity contribution in [2.45, 2.75) is 40.0 Å². The number of nitrogens with zero attached hydrogens (tertiary/aromatic N) is 1. The Morgan fingerprint density at radius 2 is 2.04 bits per heavy atom. The minimum Gasteiger partial charge on any atom is -0.494 e. The summed E-state index contributed by atoms with van der Waals surface area (Å²) in [5.74, 6) is 1.40. The van der Waals surface area contributed by atoms with Crippen molar-refractivity contribution < 1.29 is 14.3 Å². The molecule has 1 aromatic carbocycles. The lowest BCUT2D eigenvalue weighted by Crippen LogP contribution is -2.36. The number of methoxy groups -OCH3 is 1. The third-order valence-electron chi connectivity index (χ3n) is 4.33. The quantitative estimate of drug-likeness (QED) is 0.828. The van der Waals surface area contributed by atoms with Gasteiger partial charge >= 0.3 is 0 Å². The molecule has 1 aliphatic heterocycles. The molecule has 1 N–H and O–H groups in total. The maximum absolute atomic E-state index is 12.2. The molecule has 24 heavy (non-hydrogen) atoms. The summed E-state index contributed by atoms with van der Waals surface area (Å²) in [5, 5.41) is 3.03. The van der Waals surface area contributed by atoms with Crippen molar-refractivity contribution in [3.8, 4) is 5.75 Å². The van der Waals surface area contributed by atoms with E-state index in [1.807, 2.05) is 13.0 Å². The van der Waals surface area contributed by atoms with Gasteiger partial charge in [-0.1, -0.05) is 20.3 Å². The molecule has 0 aliphatic carbocycles. The summed E-state index contributed by atoms with van der Waals surface area (Å²) in [5.41, 5.74) is 2.92. The highest BCUT2D eigenvalue weighted by Gasteiger charge is 2.17. The van der Waals surface area contributed by atoms with Crippen molar-refractivity contribution in [1.82, 2.24) is 0 Å². The van der Waals surface area contributed by atoms with E-state index >= 15 is 0 Å². The van der Waals surface area contributed by atoms with Crippen LogP contribution >= 0.6 is 0 Å². The molecule has 1 aromatic rings. The number of ether oxygens (including phenoxy) is 2. The normalized spacial score (nSPS) is 14.8. The van der Waals surface area contributed by atoms with Gasteiger partial charge in [-0.25, -0.2) is 0 Å². The molecule has 1 aliphatic rings. The number of aryl methyl sites for hydroxylation is 1. The summed E-state index contributed by atoms with van der Waals surface area (Å²) in [7, 11) is 1.65. The fraction of sp³-hybridized carbons (Fsp3) is 0.632. The van der Waals surface area contributed by atoms with E-state index in [9.17, 15) is 4.79 Å². The highest BCUT2D eigenvalue weighted by Crippen LogP contribution is 2.34. The largest absolute Gasteiger partial charge is 0.494 e. The molecular formula is C19H30N2O3. The van der Waals surface area contributed by atoms with E-state index in [1.54, 1.807) is 7.11 Å². The maximum Gasteiger partial charge on any atom is 0.224 e. The van der Waals surface area contributed by atoms with Crippen molar-refractivity contribution in [3.05, 3.63) is 17.7 Å². The van der Waals surface area contributed by atoms with E-state index in [0.717, 1.165) is 56.1 Å². The Morgan fingerprint density at radius 1 is 1.33 bits per heavy atom. The second kappa shape index (κ2) is 8.92. The molecule has 5 heteroatoms. The summed E-state index contributed by atoms with van der Waals surface area (Å²) in [4.78, 5) is 14.5. The number of amides is 1. The maximum atomic E-state index is 12.2. The molecule has 0 aromatic heterocycles. The molecule has 0 saturated carbocycles. The van der Waals surface area contributed by atoms with Crippen molar-refractivity contribution >= 4 is 17.3 Å².